The molecule has 0 amide bonds. The molecule has 0 fully saturated rings. The van der Waals surface area contributed by atoms with Crippen LogP contribution in [0.5, 0.6) is 0 Å². The standard InChI is InChI=1S/C11H13ClF3NO/c1-6(2)5-8(17)7-3-4-9(11(13,14)15)16-10(7)12/h3-4,6,8,17H,5H2,1-2H3. The second-order valence-electron chi connectivity index (χ2n) is 4.22. The summed E-state index contributed by atoms with van der Waals surface area (Å²) in [4.78, 5) is 3.25. The van der Waals surface area contributed by atoms with Gasteiger partial charge in [-0.05, 0) is 18.4 Å². The Bertz CT molecular complexity index is 393. The van der Waals surface area contributed by atoms with Crippen LogP contribution in [0.15, 0.2) is 12.1 Å². The smallest absolute Gasteiger partial charge is 0.388 e. The topological polar surface area (TPSA) is 33.1 Å². The number of alkyl halides is 3. The second kappa shape index (κ2) is 5.23. The van der Waals surface area contributed by atoms with Crippen LogP contribution in [0, 0.1) is 5.92 Å². The summed E-state index contributed by atoms with van der Waals surface area (Å²) >= 11 is 5.64. The van der Waals surface area contributed by atoms with Gasteiger partial charge in [-0.2, -0.15) is 13.2 Å². The Labute approximate surface area is 102 Å². The van der Waals surface area contributed by atoms with Crippen molar-refractivity contribution >= 4 is 11.6 Å². The van der Waals surface area contributed by atoms with E-state index in [2.05, 4.69) is 4.98 Å². The molecule has 0 bridgehead atoms. The lowest BCUT2D eigenvalue weighted by Crippen LogP contribution is -2.10. The van der Waals surface area contributed by atoms with E-state index in [-0.39, 0.29) is 16.6 Å². The van der Waals surface area contributed by atoms with E-state index in [1.54, 1.807) is 0 Å². The summed E-state index contributed by atoms with van der Waals surface area (Å²) in [6, 6.07) is 2.00. The normalized spacial score (nSPS) is 14.1. The van der Waals surface area contributed by atoms with Crippen molar-refractivity contribution in [2.75, 3.05) is 0 Å². The Kier molecular flexibility index (Phi) is 4.38. The number of aromatic nitrogens is 1. The minimum absolute atomic E-state index is 0.211. The molecule has 6 heteroatoms. The summed E-state index contributed by atoms with van der Waals surface area (Å²) in [7, 11) is 0. The molecule has 2 nitrogen and oxygen atoms in total. The van der Waals surface area contributed by atoms with Crippen molar-refractivity contribution in [1.82, 2.24) is 4.98 Å². The van der Waals surface area contributed by atoms with Crippen LogP contribution in [0.3, 0.4) is 0 Å². The average Bonchev–Trinajstić information content (AvgIpc) is 2.14. The number of rotatable bonds is 3. The number of hydrogen-bond donors (Lipinski definition) is 1. The van der Waals surface area contributed by atoms with Crippen molar-refractivity contribution in [2.45, 2.75) is 32.5 Å². The molecule has 0 spiro atoms. The molecule has 1 unspecified atom stereocenters. The second-order valence-corrected chi connectivity index (χ2v) is 4.58. The Morgan fingerprint density at radius 3 is 2.35 bits per heavy atom. The number of halogens is 4. The van der Waals surface area contributed by atoms with Crippen LogP contribution in [0.4, 0.5) is 13.2 Å². The lowest BCUT2D eigenvalue weighted by atomic mass is 10.0. The maximum Gasteiger partial charge on any atom is 0.433 e. The van der Waals surface area contributed by atoms with Gasteiger partial charge in [-0.15, -0.1) is 0 Å². The molecule has 96 valence electrons. The summed E-state index contributed by atoms with van der Waals surface area (Å²) in [5.74, 6) is 0.211. The van der Waals surface area contributed by atoms with Crippen molar-refractivity contribution < 1.29 is 18.3 Å². The lowest BCUT2D eigenvalue weighted by Gasteiger charge is -2.15. The molecular weight excluding hydrogens is 255 g/mol. The highest BCUT2D eigenvalue weighted by Crippen LogP contribution is 2.32. The molecule has 1 N–H and O–H groups in total. The van der Waals surface area contributed by atoms with Gasteiger partial charge < -0.3 is 5.11 Å². The predicted octanol–water partition coefficient (Wildman–Crippen LogP) is 3.83. The quantitative estimate of drug-likeness (QED) is 0.844. The Balaban J connectivity index is 2.98. The molecule has 17 heavy (non-hydrogen) atoms. The Hall–Kier alpha value is -0.810. The van der Waals surface area contributed by atoms with Gasteiger partial charge in [0.15, 0.2) is 0 Å². The SMILES string of the molecule is CC(C)CC(O)c1ccc(C(F)(F)F)nc1Cl. The zero-order valence-corrected chi connectivity index (χ0v) is 10.2. The minimum Gasteiger partial charge on any atom is -0.388 e. The number of aliphatic hydroxyl groups excluding tert-OH is 1. The van der Waals surface area contributed by atoms with E-state index >= 15 is 0 Å². The zero-order chi connectivity index (χ0) is 13.2. The molecule has 0 saturated heterocycles. The highest BCUT2D eigenvalue weighted by atomic mass is 35.5. The fraction of sp³-hybridized carbons (Fsp3) is 0.545. The first-order valence-electron chi connectivity index (χ1n) is 5.13. The number of pyridine rings is 1. The molecule has 0 radical (unpaired) electrons. The lowest BCUT2D eigenvalue weighted by molar-refractivity contribution is -0.141. The molecule has 0 aliphatic heterocycles. The maximum absolute atomic E-state index is 12.3. The van der Waals surface area contributed by atoms with Crippen molar-refractivity contribution in [1.29, 1.82) is 0 Å². The van der Waals surface area contributed by atoms with Crippen LogP contribution in [0.25, 0.3) is 0 Å². The van der Waals surface area contributed by atoms with Gasteiger partial charge in [-0.1, -0.05) is 31.5 Å². The predicted molar refractivity (Wildman–Crippen MR) is 58.7 cm³/mol. The van der Waals surface area contributed by atoms with Crippen LogP contribution in [-0.4, -0.2) is 10.1 Å². The molecule has 1 aromatic heterocycles. The molecule has 0 aromatic carbocycles. The van der Waals surface area contributed by atoms with E-state index in [0.717, 1.165) is 6.07 Å². The van der Waals surface area contributed by atoms with Crippen molar-refractivity contribution in [2.24, 2.45) is 5.92 Å². The van der Waals surface area contributed by atoms with Gasteiger partial charge in [-0.25, -0.2) is 4.98 Å². The molecule has 1 heterocycles. The number of nitrogens with zero attached hydrogens (tertiary/aromatic N) is 1. The highest BCUT2D eigenvalue weighted by Gasteiger charge is 2.33. The summed E-state index contributed by atoms with van der Waals surface area (Å²) in [5, 5.41) is 9.46. The maximum atomic E-state index is 12.3. The Morgan fingerprint density at radius 2 is 1.94 bits per heavy atom. The molecule has 0 aliphatic carbocycles. The Morgan fingerprint density at radius 1 is 1.35 bits per heavy atom. The molecule has 1 aromatic rings. The van der Waals surface area contributed by atoms with Crippen molar-refractivity contribution in [3.63, 3.8) is 0 Å². The van der Waals surface area contributed by atoms with Crippen LogP contribution in [0.2, 0.25) is 5.15 Å². The third-order valence-electron chi connectivity index (χ3n) is 2.22. The van der Waals surface area contributed by atoms with Crippen molar-refractivity contribution in [3.05, 3.63) is 28.5 Å². The fourth-order valence-electron chi connectivity index (χ4n) is 1.42. The van der Waals surface area contributed by atoms with E-state index < -0.39 is 18.0 Å². The van der Waals surface area contributed by atoms with Gasteiger partial charge in [0.2, 0.25) is 0 Å². The third-order valence-corrected chi connectivity index (χ3v) is 2.52. The van der Waals surface area contributed by atoms with Gasteiger partial charge in [-0.3, -0.25) is 0 Å². The van der Waals surface area contributed by atoms with Crippen LogP contribution < -0.4 is 0 Å². The van der Waals surface area contributed by atoms with Gasteiger partial charge >= 0.3 is 6.18 Å². The number of aliphatic hydroxyl groups is 1. The fourth-order valence-corrected chi connectivity index (χ4v) is 1.70. The van der Waals surface area contributed by atoms with Crippen LogP contribution in [-0.2, 0) is 6.18 Å². The van der Waals surface area contributed by atoms with Gasteiger partial charge in [0.25, 0.3) is 0 Å². The molecule has 1 rings (SSSR count). The zero-order valence-electron chi connectivity index (χ0n) is 9.42. The van der Waals surface area contributed by atoms with E-state index in [9.17, 15) is 18.3 Å². The number of hydrogen-bond acceptors (Lipinski definition) is 2. The summed E-state index contributed by atoms with van der Waals surface area (Å²) < 4.78 is 37.0. The molecule has 1 atom stereocenters. The van der Waals surface area contributed by atoms with Gasteiger partial charge in [0.05, 0.1) is 6.10 Å². The first-order valence-corrected chi connectivity index (χ1v) is 5.51. The third kappa shape index (κ3) is 3.85. The average molecular weight is 268 g/mol. The van der Waals surface area contributed by atoms with Gasteiger partial charge in [0, 0.05) is 5.56 Å². The van der Waals surface area contributed by atoms with Gasteiger partial charge in [0.1, 0.15) is 10.8 Å². The van der Waals surface area contributed by atoms with Crippen LogP contribution >= 0.6 is 11.6 Å². The molecule has 0 aliphatic rings. The van der Waals surface area contributed by atoms with Crippen LogP contribution in [0.1, 0.15) is 37.6 Å². The first kappa shape index (κ1) is 14.3. The van der Waals surface area contributed by atoms with E-state index in [0.29, 0.717) is 6.42 Å². The summed E-state index contributed by atoms with van der Waals surface area (Å²) in [6.45, 7) is 3.79. The minimum atomic E-state index is -4.52. The van der Waals surface area contributed by atoms with E-state index in [1.165, 1.54) is 6.07 Å². The largest absolute Gasteiger partial charge is 0.433 e. The highest BCUT2D eigenvalue weighted by molar-refractivity contribution is 6.30. The summed E-state index contributed by atoms with van der Waals surface area (Å²) in [5.41, 5.74) is -0.823. The summed E-state index contributed by atoms with van der Waals surface area (Å²) in [6.07, 6.45) is -4.99. The molecule has 0 saturated carbocycles. The molecular formula is C11H13ClF3NO. The monoisotopic (exact) mass is 267 g/mol. The van der Waals surface area contributed by atoms with E-state index in [4.69, 9.17) is 11.6 Å². The first-order chi connectivity index (χ1) is 7.71. The van der Waals surface area contributed by atoms with E-state index in [1.807, 2.05) is 13.8 Å². The van der Waals surface area contributed by atoms with Crippen molar-refractivity contribution in [3.8, 4) is 0 Å².